The van der Waals surface area contributed by atoms with Crippen LogP contribution in [0.3, 0.4) is 0 Å². The molecule has 0 N–H and O–H groups in total. The lowest BCUT2D eigenvalue weighted by Gasteiger charge is -2.09. The molecular formula is C17H20ClNO2. The second-order valence-corrected chi connectivity index (χ2v) is 5.38. The Morgan fingerprint density at radius 1 is 1.05 bits per heavy atom. The summed E-state index contributed by atoms with van der Waals surface area (Å²) in [6.07, 6.45) is 4.95. The summed E-state index contributed by atoms with van der Waals surface area (Å²) in [7, 11) is 0. The van der Waals surface area contributed by atoms with Gasteiger partial charge in [-0.3, -0.25) is 9.36 Å². The van der Waals surface area contributed by atoms with Crippen LogP contribution in [0.1, 0.15) is 24.8 Å². The van der Waals surface area contributed by atoms with E-state index in [1.807, 2.05) is 43.5 Å². The minimum Gasteiger partial charge on any atom is -0.494 e. The lowest BCUT2D eigenvalue weighted by Crippen LogP contribution is -2.16. The minimum absolute atomic E-state index is 0.0321. The van der Waals surface area contributed by atoms with Crippen LogP contribution < -0.4 is 10.3 Å². The van der Waals surface area contributed by atoms with Gasteiger partial charge in [0, 0.05) is 23.8 Å². The van der Waals surface area contributed by atoms with Crippen molar-refractivity contribution in [2.75, 3.05) is 12.5 Å². The third-order valence-electron chi connectivity index (χ3n) is 3.22. The molecule has 0 unspecified atom stereocenters. The summed E-state index contributed by atoms with van der Waals surface area (Å²) in [5.74, 6) is 1.53. The molecule has 0 saturated heterocycles. The van der Waals surface area contributed by atoms with E-state index in [-0.39, 0.29) is 5.56 Å². The van der Waals surface area contributed by atoms with E-state index >= 15 is 0 Å². The third kappa shape index (κ3) is 4.64. The largest absolute Gasteiger partial charge is 0.494 e. The predicted molar refractivity (Wildman–Crippen MR) is 86.8 cm³/mol. The van der Waals surface area contributed by atoms with Crippen LogP contribution in [0.2, 0.25) is 0 Å². The van der Waals surface area contributed by atoms with Crippen LogP contribution in [0.5, 0.6) is 5.75 Å². The fraction of sp³-hybridized carbons (Fsp3) is 0.353. The van der Waals surface area contributed by atoms with Gasteiger partial charge in [0.25, 0.3) is 5.56 Å². The number of halogens is 1. The maximum atomic E-state index is 11.9. The van der Waals surface area contributed by atoms with E-state index in [1.165, 1.54) is 0 Å². The maximum absolute atomic E-state index is 11.9. The molecule has 112 valence electrons. The predicted octanol–water partition coefficient (Wildman–Crippen LogP) is 3.93. The van der Waals surface area contributed by atoms with E-state index < -0.39 is 0 Å². The van der Waals surface area contributed by atoms with E-state index in [9.17, 15) is 4.79 Å². The second kappa shape index (κ2) is 7.89. The van der Waals surface area contributed by atoms with Gasteiger partial charge in [-0.1, -0.05) is 6.07 Å². The molecule has 0 aliphatic carbocycles. The molecule has 2 rings (SSSR count). The molecule has 0 aliphatic rings. The van der Waals surface area contributed by atoms with Crippen molar-refractivity contribution in [2.45, 2.75) is 26.2 Å². The van der Waals surface area contributed by atoms with Gasteiger partial charge < -0.3 is 4.74 Å². The van der Waals surface area contributed by atoms with Gasteiger partial charge in [-0.05, 0) is 56.0 Å². The molecule has 4 heteroatoms. The lowest BCUT2D eigenvalue weighted by atomic mass is 10.2. The molecule has 0 bridgehead atoms. The monoisotopic (exact) mass is 305 g/mol. The van der Waals surface area contributed by atoms with Gasteiger partial charge in [0.15, 0.2) is 0 Å². The van der Waals surface area contributed by atoms with Gasteiger partial charge in [-0.25, -0.2) is 0 Å². The number of hydrogen-bond donors (Lipinski definition) is 0. The number of alkyl halides is 1. The zero-order valence-electron chi connectivity index (χ0n) is 12.2. The molecule has 0 saturated carbocycles. The summed E-state index contributed by atoms with van der Waals surface area (Å²) in [5.41, 5.74) is 1.86. The zero-order chi connectivity index (χ0) is 15.1. The van der Waals surface area contributed by atoms with E-state index in [1.54, 1.807) is 10.6 Å². The number of aryl methyl sites for hydroxylation is 1. The summed E-state index contributed by atoms with van der Waals surface area (Å²) in [5, 5.41) is 0. The number of aromatic nitrogens is 1. The molecule has 0 amide bonds. The Labute approximate surface area is 130 Å². The van der Waals surface area contributed by atoms with Crippen molar-refractivity contribution >= 4 is 11.6 Å². The molecule has 1 aromatic heterocycles. The van der Waals surface area contributed by atoms with E-state index in [4.69, 9.17) is 16.3 Å². The molecular weight excluding hydrogens is 286 g/mol. The van der Waals surface area contributed by atoms with Crippen LogP contribution in [-0.4, -0.2) is 17.1 Å². The molecule has 1 heterocycles. The molecule has 2 aromatic rings. The van der Waals surface area contributed by atoms with Crippen molar-refractivity contribution < 1.29 is 4.74 Å². The van der Waals surface area contributed by atoms with E-state index in [0.717, 1.165) is 36.3 Å². The van der Waals surface area contributed by atoms with Crippen LogP contribution in [-0.2, 0) is 0 Å². The Morgan fingerprint density at radius 3 is 2.52 bits per heavy atom. The van der Waals surface area contributed by atoms with Gasteiger partial charge in [-0.2, -0.15) is 0 Å². The molecule has 0 fully saturated rings. The number of benzene rings is 1. The summed E-state index contributed by atoms with van der Waals surface area (Å²) in [4.78, 5) is 11.9. The molecule has 0 atom stereocenters. The molecule has 0 radical (unpaired) electrons. The number of nitrogens with zero attached hydrogens (tertiary/aromatic N) is 1. The quantitative estimate of drug-likeness (QED) is 0.573. The number of hydrogen-bond acceptors (Lipinski definition) is 2. The van der Waals surface area contributed by atoms with Gasteiger partial charge in [0.1, 0.15) is 5.75 Å². The number of rotatable bonds is 7. The number of unbranched alkanes of at least 4 members (excludes halogenated alkanes) is 2. The molecule has 3 nitrogen and oxygen atoms in total. The third-order valence-corrected chi connectivity index (χ3v) is 3.49. The zero-order valence-corrected chi connectivity index (χ0v) is 13.0. The highest BCUT2D eigenvalue weighted by Gasteiger charge is 2.01. The Balaban J connectivity index is 1.99. The van der Waals surface area contributed by atoms with Crippen LogP contribution >= 0.6 is 11.6 Å². The molecule has 0 aliphatic heterocycles. The van der Waals surface area contributed by atoms with Crippen LogP contribution in [0, 0.1) is 6.92 Å². The van der Waals surface area contributed by atoms with Crippen molar-refractivity contribution in [1.29, 1.82) is 0 Å². The number of ether oxygens (including phenoxy) is 1. The van der Waals surface area contributed by atoms with Gasteiger partial charge >= 0.3 is 0 Å². The summed E-state index contributed by atoms with van der Waals surface area (Å²) in [6, 6.07) is 11.0. The van der Waals surface area contributed by atoms with E-state index in [0.29, 0.717) is 12.5 Å². The van der Waals surface area contributed by atoms with Gasteiger partial charge in [-0.15, -0.1) is 11.6 Å². The van der Waals surface area contributed by atoms with Crippen LogP contribution in [0.4, 0.5) is 0 Å². The maximum Gasteiger partial charge on any atom is 0.255 e. The smallest absolute Gasteiger partial charge is 0.255 e. The van der Waals surface area contributed by atoms with Crippen LogP contribution in [0.25, 0.3) is 5.69 Å². The Morgan fingerprint density at radius 2 is 1.81 bits per heavy atom. The van der Waals surface area contributed by atoms with Crippen molar-refractivity contribution in [3.63, 3.8) is 0 Å². The van der Waals surface area contributed by atoms with Gasteiger partial charge in [0.05, 0.1) is 6.61 Å². The fourth-order valence-corrected chi connectivity index (χ4v) is 2.25. The minimum atomic E-state index is -0.0321. The van der Waals surface area contributed by atoms with E-state index in [2.05, 4.69) is 0 Å². The highest BCUT2D eigenvalue weighted by Crippen LogP contribution is 2.15. The molecule has 1 aromatic carbocycles. The second-order valence-electron chi connectivity index (χ2n) is 5.01. The Bertz CT molecular complexity index is 619. The first kappa shape index (κ1) is 15.6. The van der Waals surface area contributed by atoms with Crippen molar-refractivity contribution in [3.8, 4) is 11.4 Å². The summed E-state index contributed by atoms with van der Waals surface area (Å²) in [6.45, 7) is 2.66. The highest BCUT2D eigenvalue weighted by atomic mass is 35.5. The normalized spacial score (nSPS) is 10.6. The molecule has 0 spiro atoms. The Kier molecular flexibility index (Phi) is 5.88. The first-order chi connectivity index (χ1) is 10.2. The summed E-state index contributed by atoms with van der Waals surface area (Å²) < 4.78 is 7.31. The average molecular weight is 306 g/mol. The first-order valence-corrected chi connectivity index (χ1v) is 7.72. The fourth-order valence-electron chi connectivity index (χ4n) is 2.06. The van der Waals surface area contributed by atoms with Gasteiger partial charge in [0.2, 0.25) is 0 Å². The van der Waals surface area contributed by atoms with Crippen molar-refractivity contribution in [3.05, 3.63) is 58.5 Å². The Hall–Kier alpha value is -1.74. The van der Waals surface area contributed by atoms with Crippen molar-refractivity contribution in [1.82, 2.24) is 4.57 Å². The molecule has 21 heavy (non-hydrogen) atoms. The van der Waals surface area contributed by atoms with Crippen molar-refractivity contribution in [2.24, 2.45) is 0 Å². The standard InChI is InChI=1S/C17H20ClNO2/c1-14-5-10-17(20)19(13-14)15-6-8-16(9-7-15)21-12-4-2-3-11-18/h5-10,13H,2-4,11-12H2,1H3. The summed E-state index contributed by atoms with van der Waals surface area (Å²) >= 11 is 5.63. The number of pyridine rings is 1. The average Bonchev–Trinajstić information content (AvgIpc) is 2.50. The SMILES string of the molecule is Cc1ccc(=O)n(-c2ccc(OCCCCCCl)cc2)c1. The topological polar surface area (TPSA) is 31.2 Å². The lowest BCUT2D eigenvalue weighted by molar-refractivity contribution is 0.306. The van der Waals surface area contributed by atoms with Crippen LogP contribution in [0.15, 0.2) is 47.4 Å². The first-order valence-electron chi connectivity index (χ1n) is 7.19. The highest BCUT2D eigenvalue weighted by molar-refractivity contribution is 6.17.